The van der Waals surface area contributed by atoms with Gasteiger partial charge in [0.15, 0.2) is 0 Å². The normalized spacial score (nSPS) is 21.1. The Morgan fingerprint density at radius 2 is 2.35 bits per heavy atom. The first-order chi connectivity index (χ1) is 8.18. The number of hydrogen-bond donors (Lipinski definition) is 2. The van der Waals surface area contributed by atoms with Crippen LogP contribution in [-0.4, -0.2) is 35.4 Å². The van der Waals surface area contributed by atoms with Crippen molar-refractivity contribution in [2.75, 3.05) is 18.9 Å². The van der Waals surface area contributed by atoms with Crippen molar-refractivity contribution in [1.29, 1.82) is 0 Å². The maximum atomic E-state index is 12.0. The molecule has 2 heterocycles. The minimum absolute atomic E-state index is 0.0936. The van der Waals surface area contributed by atoms with Gasteiger partial charge in [-0.05, 0) is 26.4 Å². The first-order valence-electron chi connectivity index (χ1n) is 5.86. The lowest BCUT2D eigenvalue weighted by Crippen LogP contribution is -2.45. The smallest absolute Gasteiger partial charge is 0.241 e. The number of likely N-dealkylation sites (tertiary alicyclic amines) is 1. The van der Waals surface area contributed by atoms with Gasteiger partial charge >= 0.3 is 0 Å². The topological polar surface area (TPSA) is 65.2 Å². The number of carbonyl (C=O) groups excluding carboxylic acids is 1. The largest absolute Gasteiger partial charge is 0.366 e. The Labute approximate surface area is 99.8 Å². The van der Waals surface area contributed by atoms with Crippen LogP contribution in [0.3, 0.4) is 0 Å². The van der Waals surface area contributed by atoms with Crippen molar-refractivity contribution in [2.45, 2.75) is 25.3 Å². The first kappa shape index (κ1) is 11.9. The van der Waals surface area contributed by atoms with Gasteiger partial charge in [0, 0.05) is 18.5 Å². The van der Waals surface area contributed by atoms with Gasteiger partial charge in [-0.1, -0.05) is 6.42 Å². The van der Waals surface area contributed by atoms with Crippen molar-refractivity contribution >= 4 is 11.6 Å². The van der Waals surface area contributed by atoms with Crippen LogP contribution in [0.5, 0.6) is 0 Å². The van der Waals surface area contributed by atoms with E-state index in [2.05, 4.69) is 10.3 Å². The highest BCUT2D eigenvalue weighted by Gasteiger charge is 2.26. The molecule has 1 aliphatic heterocycles. The second kappa shape index (κ2) is 5.14. The Hall–Kier alpha value is -1.62. The number of aromatic amines is 1. The molecule has 17 heavy (non-hydrogen) atoms. The van der Waals surface area contributed by atoms with Gasteiger partial charge in [-0.25, -0.2) is 0 Å². The van der Waals surface area contributed by atoms with Gasteiger partial charge in [0.05, 0.1) is 6.04 Å². The van der Waals surface area contributed by atoms with E-state index < -0.39 is 0 Å². The first-order valence-corrected chi connectivity index (χ1v) is 5.86. The zero-order chi connectivity index (χ0) is 12.3. The summed E-state index contributed by atoms with van der Waals surface area (Å²) >= 11 is 0. The molecule has 5 nitrogen and oxygen atoms in total. The molecule has 5 heteroatoms. The van der Waals surface area contributed by atoms with Crippen LogP contribution >= 0.6 is 0 Å². The van der Waals surface area contributed by atoms with Crippen LogP contribution in [0.25, 0.3) is 0 Å². The van der Waals surface area contributed by atoms with E-state index in [1.54, 1.807) is 6.20 Å². The Morgan fingerprint density at radius 3 is 3.06 bits per heavy atom. The number of H-pyrrole nitrogens is 1. The molecular formula is C12H17N3O2. The van der Waals surface area contributed by atoms with Crippen molar-refractivity contribution in [3.8, 4) is 0 Å². The van der Waals surface area contributed by atoms with Crippen molar-refractivity contribution in [3.05, 3.63) is 28.7 Å². The Bertz CT molecular complexity index is 455. The van der Waals surface area contributed by atoms with E-state index in [1.807, 2.05) is 11.9 Å². The van der Waals surface area contributed by atoms with Gasteiger partial charge in [-0.3, -0.25) is 14.5 Å². The number of piperidine rings is 1. The van der Waals surface area contributed by atoms with Gasteiger partial charge in [0.25, 0.3) is 0 Å². The molecule has 1 unspecified atom stereocenters. The molecule has 0 bridgehead atoms. The summed E-state index contributed by atoms with van der Waals surface area (Å²) in [6.45, 7) is 0.934. The number of rotatable bonds is 2. The lowest BCUT2D eigenvalue weighted by atomic mass is 10.0. The average Bonchev–Trinajstić information content (AvgIpc) is 2.32. The third-order valence-corrected chi connectivity index (χ3v) is 3.16. The highest BCUT2D eigenvalue weighted by atomic mass is 16.2. The summed E-state index contributed by atoms with van der Waals surface area (Å²) < 4.78 is 0. The van der Waals surface area contributed by atoms with Crippen LogP contribution in [0, 0.1) is 0 Å². The highest BCUT2D eigenvalue weighted by molar-refractivity contribution is 5.94. The monoisotopic (exact) mass is 235 g/mol. The minimum Gasteiger partial charge on any atom is -0.366 e. The van der Waals surface area contributed by atoms with Crippen LogP contribution in [0.15, 0.2) is 23.3 Å². The van der Waals surface area contributed by atoms with E-state index in [4.69, 9.17) is 0 Å². The molecule has 0 radical (unpaired) electrons. The SMILES string of the molecule is CN1CCCCC1C(=O)Nc1c[nH]ccc1=O. The molecule has 0 aliphatic carbocycles. The molecule has 1 atom stereocenters. The molecule has 0 aromatic carbocycles. The summed E-state index contributed by atoms with van der Waals surface area (Å²) in [7, 11) is 1.94. The zero-order valence-electron chi connectivity index (χ0n) is 9.90. The number of carbonyl (C=O) groups is 1. The van der Waals surface area contributed by atoms with Crippen molar-refractivity contribution in [1.82, 2.24) is 9.88 Å². The fourth-order valence-electron chi connectivity index (χ4n) is 2.14. The second-order valence-electron chi connectivity index (χ2n) is 4.40. The molecule has 1 saturated heterocycles. The van der Waals surface area contributed by atoms with Crippen LogP contribution in [0.1, 0.15) is 19.3 Å². The molecule has 92 valence electrons. The predicted octanol–water partition coefficient (Wildman–Crippen LogP) is 0.798. The standard InChI is InChI=1S/C12H17N3O2/c1-15-7-3-2-4-10(15)12(17)14-9-8-13-6-5-11(9)16/h5-6,8,10H,2-4,7H2,1H3,(H,13,16)(H,14,17). The van der Waals surface area contributed by atoms with Gasteiger partial charge in [0.1, 0.15) is 5.69 Å². The van der Waals surface area contributed by atoms with Crippen molar-refractivity contribution in [2.24, 2.45) is 0 Å². The lowest BCUT2D eigenvalue weighted by molar-refractivity contribution is -0.121. The summed E-state index contributed by atoms with van der Waals surface area (Å²) in [4.78, 5) is 28.3. The van der Waals surface area contributed by atoms with Gasteiger partial charge in [0.2, 0.25) is 11.3 Å². The lowest BCUT2D eigenvalue weighted by Gasteiger charge is -2.31. The maximum absolute atomic E-state index is 12.0. The quantitative estimate of drug-likeness (QED) is 0.796. The summed E-state index contributed by atoms with van der Waals surface area (Å²) in [6, 6.07) is 1.28. The molecule has 1 aromatic heterocycles. The molecule has 0 saturated carbocycles. The number of hydrogen-bond acceptors (Lipinski definition) is 3. The van der Waals surface area contributed by atoms with E-state index in [0.717, 1.165) is 25.8 Å². The third-order valence-electron chi connectivity index (χ3n) is 3.16. The number of pyridine rings is 1. The predicted molar refractivity (Wildman–Crippen MR) is 66.0 cm³/mol. The fraction of sp³-hybridized carbons (Fsp3) is 0.500. The van der Waals surface area contributed by atoms with Gasteiger partial charge in [-0.15, -0.1) is 0 Å². The second-order valence-corrected chi connectivity index (χ2v) is 4.40. The number of likely N-dealkylation sites (N-methyl/N-ethyl adjacent to an activating group) is 1. The summed E-state index contributed by atoms with van der Waals surface area (Å²) in [5, 5.41) is 2.69. The van der Waals surface area contributed by atoms with Crippen LogP contribution in [-0.2, 0) is 4.79 Å². The molecule has 1 fully saturated rings. The van der Waals surface area contributed by atoms with Crippen LogP contribution in [0.4, 0.5) is 5.69 Å². The van der Waals surface area contributed by atoms with E-state index in [9.17, 15) is 9.59 Å². The number of nitrogens with one attached hydrogen (secondary N) is 2. The number of nitrogens with zero attached hydrogens (tertiary/aromatic N) is 1. The molecule has 2 rings (SSSR count). The van der Waals surface area contributed by atoms with E-state index >= 15 is 0 Å². The molecule has 2 N–H and O–H groups in total. The molecule has 1 aliphatic rings. The third kappa shape index (κ3) is 2.74. The Kier molecular flexibility index (Phi) is 3.58. The molecule has 1 amide bonds. The van der Waals surface area contributed by atoms with E-state index in [-0.39, 0.29) is 17.4 Å². The van der Waals surface area contributed by atoms with Crippen LogP contribution in [0.2, 0.25) is 0 Å². The molecular weight excluding hydrogens is 218 g/mol. The number of anilines is 1. The molecule has 0 spiro atoms. The van der Waals surface area contributed by atoms with E-state index in [0.29, 0.717) is 5.69 Å². The summed E-state index contributed by atoms with van der Waals surface area (Å²) in [6.07, 6.45) is 6.11. The minimum atomic E-state index is -0.171. The Balaban J connectivity index is 2.06. The van der Waals surface area contributed by atoms with E-state index in [1.165, 1.54) is 12.3 Å². The zero-order valence-corrected chi connectivity index (χ0v) is 9.90. The Morgan fingerprint density at radius 1 is 1.53 bits per heavy atom. The summed E-state index contributed by atoms with van der Waals surface area (Å²) in [5.41, 5.74) is 0.145. The van der Waals surface area contributed by atoms with Crippen LogP contribution < -0.4 is 10.7 Å². The highest BCUT2D eigenvalue weighted by Crippen LogP contribution is 2.16. The van der Waals surface area contributed by atoms with Gasteiger partial charge < -0.3 is 10.3 Å². The average molecular weight is 235 g/mol. The van der Waals surface area contributed by atoms with Gasteiger partial charge in [-0.2, -0.15) is 0 Å². The molecule has 1 aromatic rings. The number of aromatic nitrogens is 1. The number of amides is 1. The fourth-order valence-corrected chi connectivity index (χ4v) is 2.14. The van der Waals surface area contributed by atoms with Crippen molar-refractivity contribution in [3.63, 3.8) is 0 Å². The van der Waals surface area contributed by atoms with Crippen molar-refractivity contribution < 1.29 is 4.79 Å². The summed E-state index contributed by atoms with van der Waals surface area (Å²) in [5.74, 6) is -0.0936. The maximum Gasteiger partial charge on any atom is 0.241 e.